The number of nitrogens with zero attached hydrogens (tertiary/aromatic N) is 4. The number of ether oxygens (including phenoxy) is 2. The van der Waals surface area contributed by atoms with E-state index in [9.17, 15) is 19.2 Å². The van der Waals surface area contributed by atoms with Crippen LogP contribution >= 0.6 is 0 Å². The summed E-state index contributed by atoms with van der Waals surface area (Å²) in [5.41, 5.74) is 6.09. The first-order valence-corrected chi connectivity index (χ1v) is 21.5. The smallest absolute Gasteiger partial charge is 0.407 e. The molecule has 9 rings (SSSR count). The predicted octanol–water partition coefficient (Wildman–Crippen LogP) is 7.91. The van der Waals surface area contributed by atoms with Gasteiger partial charge < -0.3 is 39.9 Å². The summed E-state index contributed by atoms with van der Waals surface area (Å²) in [6.45, 7) is 6.40. The van der Waals surface area contributed by atoms with E-state index in [0.717, 1.165) is 94.6 Å². The molecule has 4 aliphatic rings. The SMILES string of the molecule is CCC(NC(=O)OC)C(=O)N1C2CCC(C2)C1c1ncc(-c2ccc(-c3ccc4cc(-c5cnc(C6CC7(CC7)CN6C(=O)C(NC(=O)OC)C(C)C)[nH]5)ccc4c3)cc2)[nH]1. The van der Waals surface area contributed by atoms with Crippen molar-refractivity contribution >= 4 is 34.8 Å². The van der Waals surface area contributed by atoms with Crippen LogP contribution in [0, 0.1) is 17.3 Å². The fraction of sp³-hybridized carbons (Fsp3) is 0.447. The van der Waals surface area contributed by atoms with E-state index in [-0.39, 0.29) is 41.3 Å². The molecular weight excluding hydrogens is 773 g/mol. The van der Waals surface area contributed by atoms with Crippen molar-refractivity contribution in [3.63, 3.8) is 0 Å². The third-order valence-corrected chi connectivity index (χ3v) is 13.6. The van der Waals surface area contributed by atoms with Crippen LogP contribution in [-0.2, 0) is 19.1 Å². The van der Waals surface area contributed by atoms with E-state index in [4.69, 9.17) is 19.4 Å². The molecule has 61 heavy (non-hydrogen) atoms. The van der Waals surface area contributed by atoms with Gasteiger partial charge in [-0.15, -0.1) is 0 Å². The van der Waals surface area contributed by atoms with Crippen molar-refractivity contribution in [2.75, 3.05) is 20.8 Å². The van der Waals surface area contributed by atoms with Gasteiger partial charge >= 0.3 is 12.2 Å². The highest BCUT2D eigenvalue weighted by atomic mass is 16.5. The number of nitrogens with one attached hydrogen (secondary N) is 4. The molecule has 2 saturated heterocycles. The summed E-state index contributed by atoms with van der Waals surface area (Å²) in [5.74, 6) is 1.56. The van der Waals surface area contributed by atoms with Crippen molar-refractivity contribution in [3.8, 4) is 33.6 Å². The van der Waals surface area contributed by atoms with Crippen molar-refractivity contribution in [3.05, 3.63) is 84.7 Å². The number of fused-ring (bicyclic) bond motifs is 3. The molecule has 3 aromatic carbocycles. The molecule has 318 valence electrons. The van der Waals surface area contributed by atoms with Crippen LogP contribution in [0.1, 0.15) is 89.4 Å². The Morgan fingerprint density at radius 3 is 2.07 bits per heavy atom. The first-order valence-electron chi connectivity index (χ1n) is 21.5. The van der Waals surface area contributed by atoms with Gasteiger partial charge in [-0.2, -0.15) is 0 Å². The first kappa shape index (κ1) is 40.2. The van der Waals surface area contributed by atoms with Gasteiger partial charge in [0.2, 0.25) is 11.8 Å². The third kappa shape index (κ3) is 7.61. The maximum absolute atomic E-state index is 13.9. The Labute approximate surface area is 355 Å². The van der Waals surface area contributed by atoms with Crippen LogP contribution in [0.25, 0.3) is 44.4 Å². The van der Waals surface area contributed by atoms with E-state index in [1.165, 1.54) is 14.2 Å². The van der Waals surface area contributed by atoms with Gasteiger partial charge in [-0.05, 0) is 102 Å². The van der Waals surface area contributed by atoms with Crippen molar-refractivity contribution in [2.24, 2.45) is 17.3 Å². The quantitative estimate of drug-likeness (QED) is 0.104. The van der Waals surface area contributed by atoms with Crippen LogP contribution in [0.5, 0.6) is 0 Å². The Balaban J connectivity index is 0.891. The zero-order chi connectivity index (χ0) is 42.6. The summed E-state index contributed by atoms with van der Waals surface area (Å²) in [7, 11) is 2.61. The first-order chi connectivity index (χ1) is 29.5. The van der Waals surface area contributed by atoms with Gasteiger partial charge in [0.15, 0.2) is 0 Å². The maximum Gasteiger partial charge on any atom is 0.407 e. The maximum atomic E-state index is 13.9. The topological polar surface area (TPSA) is 175 Å². The predicted molar refractivity (Wildman–Crippen MR) is 230 cm³/mol. The summed E-state index contributed by atoms with van der Waals surface area (Å²) in [5, 5.41) is 7.68. The van der Waals surface area contributed by atoms with Crippen molar-refractivity contribution in [2.45, 2.75) is 95.9 Å². The van der Waals surface area contributed by atoms with Gasteiger partial charge in [-0.3, -0.25) is 9.59 Å². The Morgan fingerprint density at radius 1 is 0.787 bits per heavy atom. The zero-order valence-electron chi connectivity index (χ0n) is 35.4. The van der Waals surface area contributed by atoms with E-state index < -0.39 is 24.3 Å². The highest BCUT2D eigenvalue weighted by molar-refractivity contribution is 5.91. The molecule has 14 heteroatoms. The second-order valence-electron chi connectivity index (χ2n) is 17.8. The summed E-state index contributed by atoms with van der Waals surface area (Å²) in [4.78, 5) is 72.3. The molecule has 5 aromatic rings. The molecule has 4 heterocycles. The van der Waals surface area contributed by atoms with E-state index in [0.29, 0.717) is 18.9 Å². The summed E-state index contributed by atoms with van der Waals surface area (Å²) < 4.78 is 9.60. The minimum absolute atomic E-state index is 0.0884. The molecule has 4 N–H and O–H groups in total. The minimum Gasteiger partial charge on any atom is -0.453 e. The second-order valence-corrected chi connectivity index (χ2v) is 17.8. The van der Waals surface area contributed by atoms with Crippen LogP contribution in [0.3, 0.4) is 0 Å². The van der Waals surface area contributed by atoms with Gasteiger partial charge in [0.25, 0.3) is 0 Å². The highest BCUT2D eigenvalue weighted by Crippen LogP contribution is 2.58. The molecule has 4 fully saturated rings. The Kier molecular flexibility index (Phi) is 10.6. The number of H-pyrrole nitrogens is 2. The molecule has 4 amide bonds. The van der Waals surface area contributed by atoms with Crippen molar-refractivity contribution in [1.29, 1.82) is 0 Å². The van der Waals surface area contributed by atoms with Crippen LogP contribution in [-0.4, -0.2) is 92.6 Å². The van der Waals surface area contributed by atoms with Crippen molar-refractivity contribution < 1.29 is 28.7 Å². The molecular formula is C47H54N8O6. The summed E-state index contributed by atoms with van der Waals surface area (Å²) >= 11 is 0. The number of aromatic nitrogens is 4. The number of aromatic amines is 2. The summed E-state index contributed by atoms with van der Waals surface area (Å²) in [6, 6.07) is 19.7. The normalized spacial score (nSPS) is 22.1. The number of rotatable bonds is 11. The number of carbonyl (C=O) groups excluding carboxylic acids is 4. The number of benzene rings is 3. The summed E-state index contributed by atoms with van der Waals surface area (Å²) in [6.07, 6.45) is 8.92. The van der Waals surface area contributed by atoms with Gasteiger partial charge in [-0.25, -0.2) is 19.6 Å². The molecule has 1 spiro atoms. The van der Waals surface area contributed by atoms with E-state index >= 15 is 0 Å². The standard InChI is InChI=1S/C47H54N8O6/c1-6-35(52-45(58)60-4)43(56)55-34-16-15-33(21-34)40(55)42-49-23-36(51-42)28-9-7-27(8-10-28)29-11-12-31-20-32(14-13-30(31)19-29)37-24-48-41(50-37)38-22-47(17-18-47)25-54(38)44(57)39(26(2)3)53-46(59)61-5/h7-14,19-20,23-24,26,33-35,38-40H,6,15-18,21-22,25H2,1-5H3,(H,48,50)(H,49,51)(H,52,58)(H,53,59). The van der Waals surface area contributed by atoms with E-state index in [1.54, 1.807) is 0 Å². The van der Waals surface area contributed by atoms with Gasteiger partial charge in [-0.1, -0.05) is 69.3 Å². The average molecular weight is 827 g/mol. The number of imidazole rings is 2. The fourth-order valence-electron chi connectivity index (χ4n) is 10.0. The lowest BCUT2D eigenvalue weighted by atomic mass is 9.97. The lowest BCUT2D eigenvalue weighted by Crippen LogP contribution is -2.51. The minimum atomic E-state index is -0.686. The molecule has 14 nitrogen and oxygen atoms in total. The lowest BCUT2D eigenvalue weighted by Gasteiger charge is -2.36. The number of piperidine rings is 1. The number of hydrogen-bond acceptors (Lipinski definition) is 8. The van der Waals surface area contributed by atoms with Crippen LogP contribution < -0.4 is 10.6 Å². The number of methoxy groups -OCH3 is 2. The fourth-order valence-corrected chi connectivity index (χ4v) is 10.0. The highest BCUT2D eigenvalue weighted by Gasteiger charge is 2.55. The van der Waals surface area contributed by atoms with Crippen LogP contribution in [0.4, 0.5) is 9.59 Å². The monoisotopic (exact) mass is 826 g/mol. The Morgan fingerprint density at radius 2 is 1.39 bits per heavy atom. The average Bonchev–Trinajstić information content (AvgIpc) is 3.91. The van der Waals surface area contributed by atoms with E-state index in [2.05, 4.69) is 81.3 Å². The van der Waals surface area contributed by atoms with Gasteiger partial charge in [0.05, 0.1) is 50.1 Å². The third-order valence-electron chi connectivity index (χ3n) is 13.6. The lowest BCUT2D eigenvalue weighted by molar-refractivity contribution is -0.138. The molecule has 0 radical (unpaired) electrons. The van der Waals surface area contributed by atoms with Crippen molar-refractivity contribution in [1.82, 2.24) is 40.4 Å². The molecule has 2 aliphatic heterocycles. The largest absolute Gasteiger partial charge is 0.453 e. The number of hydrogen-bond donors (Lipinski definition) is 4. The molecule has 6 unspecified atom stereocenters. The van der Waals surface area contributed by atoms with Crippen LogP contribution in [0.2, 0.25) is 0 Å². The molecule has 2 bridgehead atoms. The van der Waals surface area contributed by atoms with Gasteiger partial charge in [0.1, 0.15) is 23.7 Å². The number of amides is 4. The Bertz CT molecular complexity index is 2470. The Hall–Kier alpha value is -6.18. The van der Waals surface area contributed by atoms with E-state index in [1.807, 2.05) is 43.0 Å². The molecule has 2 saturated carbocycles. The zero-order valence-corrected chi connectivity index (χ0v) is 35.4. The second kappa shape index (κ2) is 16.0. The molecule has 2 aliphatic carbocycles. The molecule has 6 atom stereocenters. The number of likely N-dealkylation sites (tertiary alicyclic amines) is 2. The van der Waals surface area contributed by atoms with Crippen LogP contribution in [0.15, 0.2) is 73.1 Å². The molecule has 2 aromatic heterocycles. The number of carbonyl (C=O) groups is 4. The number of alkyl carbamates (subject to hydrolysis) is 2. The van der Waals surface area contributed by atoms with Gasteiger partial charge in [0, 0.05) is 18.2 Å².